The summed E-state index contributed by atoms with van der Waals surface area (Å²) in [5.74, 6) is 0.904. The van der Waals surface area contributed by atoms with Crippen LogP contribution in [0.15, 0.2) is 18.6 Å². The molecule has 1 N–H and O–H groups in total. The summed E-state index contributed by atoms with van der Waals surface area (Å²) in [6, 6.07) is 0. The SMILES string of the molecule is CCCc1cnc(-c2cnn(C)c2)[nH]1. The van der Waals surface area contributed by atoms with Crippen LogP contribution >= 0.6 is 0 Å². The minimum absolute atomic E-state index is 0.904. The van der Waals surface area contributed by atoms with Gasteiger partial charge in [-0.05, 0) is 6.42 Å². The molecule has 2 heterocycles. The van der Waals surface area contributed by atoms with Crippen LogP contribution in [0, 0.1) is 0 Å². The minimum Gasteiger partial charge on any atom is -0.342 e. The van der Waals surface area contributed by atoms with E-state index in [1.54, 1.807) is 4.68 Å². The third-order valence-corrected chi connectivity index (χ3v) is 2.13. The molecule has 0 spiro atoms. The molecule has 0 saturated carbocycles. The highest BCUT2D eigenvalue weighted by Crippen LogP contribution is 2.14. The molecular weight excluding hydrogens is 176 g/mol. The summed E-state index contributed by atoms with van der Waals surface area (Å²) in [5.41, 5.74) is 2.22. The predicted molar refractivity (Wildman–Crippen MR) is 54.8 cm³/mol. The van der Waals surface area contributed by atoms with E-state index in [1.807, 2.05) is 25.6 Å². The Morgan fingerprint density at radius 2 is 2.29 bits per heavy atom. The maximum absolute atomic E-state index is 4.31. The molecule has 2 rings (SSSR count). The molecule has 0 aliphatic carbocycles. The quantitative estimate of drug-likeness (QED) is 0.801. The molecule has 4 heteroatoms. The van der Waals surface area contributed by atoms with Gasteiger partial charge < -0.3 is 4.98 Å². The monoisotopic (exact) mass is 190 g/mol. The third-order valence-electron chi connectivity index (χ3n) is 2.13. The van der Waals surface area contributed by atoms with Crippen molar-refractivity contribution in [2.24, 2.45) is 7.05 Å². The predicted octanol–water partition coefficient (Wildman–Crippen LogP) is 1.76. The fourth-order valence-electron chi connectivity index (χ4n) is 1.45. The third kappa shape index (κ3) is 1.69. The average Bonchev–Trinajstić information content (AvgIpc) is 2.74. The lowest BCUT2D eigenvalue weighted by molar-refractivity contribution is 0.768. The highest BCUT2D eigenvalue weighted by molar-refractivity contribution is 5.52. The molecule has 0 aliphatic heterocycles. The Labute approximate surface area is 83.0 Å². The highest BCUT2D eigenvalue weighted by Gasteiger charge is 2.04. The van der Waals surface area contributed by atoms with Crippen LogP contribution in [0.5, 0.6) is 0 Å². The van der Waals surface area contributed by atoms with Gasteiger partial charge in [-0.15, -0.1) is 0 Å². The van der Waals surface area contributed by atoms with Crippen LogP contribution in [0.2, 0.25) is 0 Å². The van der Waals surface area contributed by atoms with E-state index in [0.717, 1.165) is 24.2 Å². The van der Waals surface area contributed by atoms with E-state index in [2.05, 4.69) is 22.0 Å². The Balaban J connectivity index is 2.24. The second-order valence-electron chi connectivity index (χ2n) is 3.41. The summed E-state index contributed by atoms with van der Waals surface area (Å²) in [7, 11) is 1.90. The summed E-state index contributed by atoms with van der Waals surface area (Å²) >= 11 is 0. The van der Waals surface area contributed by atoms with Crippen molar-refractivity contribution in [2.45, 2.75) is 19.8 Å². The minimum atomic E-state index is 0.904. The second kappa shape index (κ2) is 3.65. The first-order valence-electron chi connectivity index (χ1n) is 4.82. The van der Waals surface area contributed by atoms with Crippen molar-refractivity contribution in [1.82, 2.24) is 19.7 Å². The van der Waals surface area contributed by atoms with Gasteiger partial charge in [-0.3, -0.25) is 4.68 Å². The van der Waals surface area contributed by atoms with E-state index in [4.69, 9.17) is 0 Å². The number of hydrogen-bond donors (Lipinski definition) is 1. The van der Waals surface area contributed by atoms with Gasteiger partial charge in [0.05, 0.1) is 11.8 Å². The first kappa shape index (κ1) is 8.99. The molecule has 0 atom stereocenters. The molecule has 14 heavy (non-hydrogen) atoms. The van der Waals surface area contributed by atoms with Gasteiger partial charge in [0.1, 0.15) is 5.82 Å². The largest absolute Gasteiger partial charge is 0.342 e. The molecule has 0 saturated heterocycles. The maximum atomic E-state index is 4.31. The van der Waals surface area contributed by atoms with Crippen LogP contribution in [0.3, 0.4) is 0 Å². The summed E-state index contributed by atoms with van der Waals surface area (Å²) in [4.78, 5) is 7.59. The van der Waals surface area contributed by atoms with Gasteiger partial charge >= 0.3 is 0 Å². The van der Waals surface area contributed by atoms with Crippen LogP contribution < -0.4 is 0 Å². The van der Waals surface area contributed by atoms with Crippen molar-refractivity contribution in [3.05, 3.63) is 24.3 Å². The number of nitrogens with one attached hydrogen (secondary N) is 1. The van der Waals surface area contributed by atoms with Gasteiger partial charge in [-0.2, -0.15) is 5.10 Å². The lowest BCUT2D eigenvalue weighted by atomic mass is 10.3. The average molecular weight is 190 g/mol. The Kier molecular flexibility index (Phi) is 2.35. The molecule has 0 unspecified atom stereocenters. The van der Waals surface area contributed by atoms with E-state index in [0.29, 0.717) is 0 Å². The fourth-order valence-corrected chi connectivity index (χ4v) is 1.45. The topological polar surface area (TPSA) is 46.5 Å². The molecular formula is C10H14N4. The summed E-state index contributed by atoms with van der Waals surface area (Å²) in [5, 5.41) is 4.10. The Morgan fingerprint density at radius 1 is 1.43 bits per heavy atom. The zero-order valence-corrected chi connectivity index (χ0v) is 8.49. The Bertz CT molecular complexity index is 413. The van der Waals surface area contributed by atoms with Crippen molar-refractivity contribution in [1.29, 1.82) is 0 Å². The van der Waals surface area contributed by atoms with Gasteiger partial charge in [-0.25, -0.2) is 4.98 Å². The molecule has 74 valence electrons. The number of rotatable bonds is 3. The first-order chi connectivity index (χ1) is 6.79. The van der Waals surface area contributed by atoms with E-state index in [-0.39, 0.29) is 0 Å². The van der Waals surface area contributed by atoms with Crippen molar-refractivity contribution in [3.8, 4) is 11.4 Å². The van der Waals surface area contributed by atoms with Gasteiger partial charge in [0, 0.05) is 25.1 Å². The van der Waals surface area contributed by atoms with E-state index in [9.17, 15) is 0 Å². The van der Waals surface area contributed by atoms with E-state index >= 15 is 0 Å². The number of hydrogen-bond acceptors (Lipinski definition) is 2. The Morgan fingerprint density at radius 3 is 2.93 bits per heavy atom. The molecule has 0 amide bonds. The highest BCUT2D eigenvalue weighted by atomic mass is 15.2. The lowest BCUT2D eigenvalue weighted by Crippen LogP contribution is -1.84. The zero-order valence-electron chi connectivity index (χ0n) is 8.49. The lowest BCUT2D eigenvalue weighted by Gasteiger charge is -1.91. The van der Waals surface area contributed by atoms with Crippen molar-refractivity contribution >= 4 is 0 Å². The number of imidazole rings is 1. The molecule has 2 aromatic heterocycles. The number of H-pyrrole nitrogens is 1. The van der Waals surface area contributed by atoms with Crippen LogP contribution in [-0.2, 0) is 13.5 Å². The van der Waals surface area contributed by atoms with Gasteiger partial charge in [0.25, 0.3) is 0 Å². The standard InChI is InChI=1S/C10H14N4/c1-3-4-9-6-11-10(13-9)8-5-12-14(2)7-8/h5-7H,3-4H2,1-2H3,(H,11,13). The summed E-state index contributed by atoms with van der Waals surface area (Å²) < 4.78 is 1.78. The molecule has 4 nitrogen and oxygen atoms in total. The van der Waals surface area contributed by atoms with Gasteiger partial charge in [0.2, 0.25) is 0 Å². The molecule has 0 fully saturated rings. The Hall–Kier alpha value is -1.58. The molecule has 2 aromatic rings. The van der Waals surface area contributed by atoms with Crippen molar-refractivity contribution < 1.29 is 0 Å². The number of aryl methyl sites for hydroxylation is 2. The van der Waals surface area contributed by atoms with E-state index < -0.39 is 0 Å². The maximum Gasteiger partial charge on any atom is 0.140 e. The zero-order chi connectivity index (χ0) is 9.97. The number of nitrogens with zero attached hydrogens (tertiary/aromatic N) is 3. The summed E-state index contributed by atoms with van der Waals surface area (Å²) in [6.45, 7) is 2.16. The normalized spacial score (nSPS) is 10.7. The first-order valence-corrected chi connectivity index (χ1v) is 4.82. The molecule has 0 aromatic carbocycles. The van der Waals surface area contributed by atoms with Crippen molar-refractivity contribution in [3.63, 3.8) is 0 Å². The van der Waals surface area contributed by atoms with Crippen LogP contribution in [0.1, 0.15) is 19.0 Å². The van der Waals surface area contributed by atoms with Gasteiger partial charge in [0.15, 0.2) is 0 Å². The smallest absolute Gasteiger partial charge is 0.140 e. The van der Waals surface area contributed by atoms with Crippen LogP contribution in [0.4, 0.5) is 0 Å². The summed E-state index contributed by atoms with van der Waals surface area (Å²) in [6.07, 6.45) is 7.84. The molecule has 0 aliphatic rings. The molecule has 0 bridgehead atoms. The number of aromatic nitrogens is 4. The van der Waals surface area contributed by atoms with Crippen LogP contribution in [-0.4, -0.2) is 19.7 Å². The second-order valence-corrected chi connectivity index (χ2v) is 3.41. The number of aromatic amines is 1. The van der Waals surface area contributed by atoms with Crippen molar-refractivity contribution in [2.75, 3.05) is 0 Å². The fraction of sp³-hybridized carbons (Fsp3) is 0.400. The van der Waals surface area contributed by atoms with Crippen LogP contribution in [0.25, 0.3) is 11.4 Å². The molecule has 0 radical (unpaired) electrons. The van der Waals surface area contributed by atoms with Gasteiger partial charge in [-0.1, -0.05) is 13.3 Å². The van der Waals surface area contributed by atoms with E-state index in [1.165, 1.54) is 5.69 Å².